The third-order valence-electron chi connectivity index (χ3n) is 2.75. The molecule has 3 nitrogen and oxygen atoms in total. The summed E-state index contributed by atoms with van der Waals surface area (Å²) in [5.41, 5.74) is 1.06. The van der Waals surface area contributed by atoms with Gasteiger partial charge in [-0.15, -0.1) is 11.8 Å². The van der Waals surface area contributed by atoms with Gasteiger partial charge in [-0.05, 0) is 24.6 Å². The van der Waals surface area contributed by atoms with Crippen LogP contribution in [0.15, 0.2) is 35.4 Å². The molecule has 2 rings (SSSR count). The first-order chi connectivity index (χ1) is 9.65. The molecule has 0 aliphatic rings. The Morgan fingerprint density at radius 1 is 1.35 bits per heavy atom. The number of aromatic amines is 1. The molecule has 5 heteroatoms. The molecule has 0 aliphatic heterocycles. The van der Waals surface area contributed by atoms with E-state index in [2.05, 4.69) is 29.1 Å². The number of hydrogen-bond acceptors (Lipinski definition) is 3. The molecule has 0 unspecified atom stereocenters. The van der Waals surface area contributed by atoms with Crippen LogP contribution in [0.5, 0.6) is 0 Å². The van der Waals surface area contributed by atoms with Gasteiger partial charge in [0.15, 0.2) is 0 Å². The summed E-state index contributed by atoms with van der Waals surface area (Å²) in [7, 11) is 0. The van der Waals surface area contributed by atoms with Gasteiger partial charge in [-0.3, -0.25) is 0 Å². The van der Waals surface area contributed by atoms with Crippen LogP contribution in [0.4, 0.5) is 4.39 Å². The lowest BCUT2D eigenvalue weighted by Gasteiger charge is -2.05. The second-order valence-corrected chi connectivity index (χ2v) is 6.12. The number of nitrogens with one attached hydrogen (secondary N) is 2. The summed E-state index contributed by atoms with van der Waals surface area (Å²) in [5, 5.41) is 3.36. The van der Waals surface area contributed by atoms with Crippen molar-refractivity contribution < 1.29 is 4.39 Å². The number of hydrogen-bond donors (Lipinski definition) is 2. The number of H-pyrrole nitrogens is 1. The smallest absolute Gasteiger partial charge is 0.136 e. The van der Waals surface area contributed by atoms with Gasteiger partial charge in [0.1, 0.15) is 11.6 Å². The summed E-state index contributed by atoms with van der Waals surface area (Å²) in [5.74, 6) is 1.97. The lowest BCUT2D eigenvalue weighted by Crippen LogP contribution is -2.19. The highest BCUT2D eigenvalue weighted by atomic mass is 32.2. The average Bonchev–Trinajstić information content (AvgIpc) is 2.85. The van der Waals surface area contributed by atoms with E-state index in [1.165, 1.54) is 17.8 Å². The molecule has 0 radical (unpaired) electrons. The average molecular weight is 293 g/mol. The maximum atomic E-state index is 13.5. The van der Waals surface area contributed by atoms with Crippen molar-refractivity contribution in [2.45, 2.75) is 31.0 Å². The van der Waals surface area contributed by atoms with Crippen molar-refractivity contribution >= 4 is 11.8 Å². The minimum atomic E-state index is -0.178. The Hall–Kier alpha value is -1.33. The van der Waals surface area contributed by atoms with Crippen LogP contribution in [0, 0.1) is 11.7 Å². The highest BCUT2D eigenvalue weighted by Crippen LogP contribution is 2.24. The molecule has 0 atom stereocenters. The molecule has 0 aliphatic carbocycles. The molecule has 1 heterocycles. The third-order valence-corrected chi connectivity index (χ3v) is 3.81. The molecule has 108 valence electrons. The molecule has 2 aromatic rings. The summed E-state index contributed by atoms with van der Waals surface area (Å²) in [6, 6.07) is 6.80. The number of thioether (sulfide) groups is 1. The Kier molecular flexibility index (Phi) is 5.61. The first-order valence-corrected chi connectivity index (χ1v) is 7.74. The molecular formula is C15H20FN3S. The highest BCUT2D eigenvalue weighted by Gasteiger charge is 2.05. The van der Waals surface area contributed by atoms with E-state index in [1.54, 1.807) is 12.1 Å². The van der Waals surface area contributed by atoms with Gasteiger partial charge in [0.25, 0.3) is 0 Å². The lowest BCUT2D eigenvalue weighted by atomic mass is 10.2. The van der Waals surface area contributed by atoms with Gasteiger partial charge < -0.3 is 10.3 Å². The maximum absolute atomic E-state index is 13.5. The van der Waals surface area contributed by atoms with E-state index in [1.807, 2.05) is 12.3 Å². The summed E-state index contributed by atoms with van der Waals surface area (Å²) < 4.78 is 13.5. The van der Waals surface area contributed by atoms with Gasteiger partial charge in [-0.1, -0.05) is 26.0 Å². The minimum Gasteiger partial charge on any atom is -0.344 e. The largest absolute Gasteiger partial charge is 0.344 e. The molecule has 0 bridgehead atoms. The zero-order chi connectivity index (χ0) is 14.4. The fourth-order valence-corrected chi connectivity index (χ4v) is 2.59. The Morgan fingerprint density at radius 3 is 2.90 bits per heavy atom. The quantitative estimate of drug-likeness (QED) is 0.767. The normalized spacial score (nSPS) is 11.2. The summed E-state index contributed by atoms with van der Waals surface area (Å²) in [6.07, 6.45) is 1.84. The van der Waals surface area contributed by atoms with E-state index in [9.17, 15) is 4.39 Å². The molecule has 0 fully saturated rings. The second-order valence-electron chi connectivity index (χ2n) is 5.10. The van der Waals surface area contributed by atoms with Gasteiger partial charge in [0.2, 0.25) is 0 Å². The Labute approximate surface area is 123 Å². The van der Waals surface area contributed by atoms with Crippen LogP contribution >= 0.6 is 11.8 Å². The fraction of sp³-hybridized carbons (Fsp3) is 0.400. The van der Waals surface area contributed by atoms with E-state index < -0.39 is 0 Å². The van der Waals surface area contributed by atoms with Crippen molar-refractivity contribution in [1.82, 2.24) is 15.3 Å². The molecule has 1 aromatic heterocycles. The molecule has 20 heavy (non-hydrogen) atoms. The molecule has 0 amide bonds. The van der Waals surface area contributed by atoms with Gasteiger partial charge in [-0.25, -0.2) is 9.37 Å². The molecule has 0 saturated heterocycles. The maximum Gasteiger partial charge on any atom is 0.136 e. The van der Waals surface area contributed by atoms with Crippen LogP contribution in [-0.2, 0) is 12.3 Å². The topological polar surface area (TPSA) is 40.7 Å². The van der Waals surface area contributed by atoms with Crippen LogP contribution in [0.3, 0.4) is 0 Å². The SMILES string of the molecule is CC(C)CNCc1cnc(CSc2ccccc2F)[nH]1. The van der Waals surface area contributed by atoms with Gasteiger partial charge in [-0.2, -0.15) is 0 Å². The minimum absolute atomic E-state index is 0.178. The predicted octanol–water partition coefficient (Wildman–Crippen LogP) is 3.59. The monoisotopic (exact) mass is 293 g/mol. The van der Waals surface area contributed by atoms with Gasteiger partial charge in [0, 0.05) is 23.3 Å². The third kappa shape index (κ3) is 4.65. The Balaban J connectivity index is 1.82. The number of halogens is 1. The van der Waals surface area contributed by atoms with Crippen molar-refractivity contribution in [1.29, 1.82) is 0 Å². The van der Waals surface area contributed by atoms with Crippen molar-refractivity contribution in [3.8, 4) is 0 Å². The van der Waals surface area contributed by atoms with Crippen LogP contribution in [-0.4, -0.2) is 16.5 Å². The van der Waals surface area contributed by atoms with E-state index in [4.69, 9.17) is 0 Å². The molecule has 0 spiro atoms. The van der Waals surface area contributed by atoms with Crippen LogP contribution in [0.1, 0.15) is 25.4 Å². The number of benzene rings is 1. The number of imidazole rings is 1. The second kappa shape index (κ2) is 7.45. The first kappa shape index (κ1) is 15.1. The number of aromatic nitrogens is 2. The Morgan fingerprint density at radius 2 is 2.15 bits per heavy atom. The van der Waals surface area contributed by atoms with E-state index >= 15 is 0 Å². The van der Waals surface area contributed by atoms with Crippen molar-refractivity contribution in [3.05, 3.63) is 47.8 Å². The number of nitrogens with zero attached hydrogens (tertiary/aromatic N) is 1. The van der Waals surface area contributed by atoms with E-state index in [-0.39, 0.29) is 5.82 Å². The summed E-state index contributed by atoms with van der Waals surface area (Å²) in [4.78, 5) is 8.24. The summed E-state index contributed by atoms with van der Waals surface area (Å²) >= 11 is 1.45. The lowest BCUT2D eigenvalue weighted by molar-refractivity contribution is 0.549. The van der Waals surface area contributed by atoms with Crippen LogP contribution < -0.4 is 5.32 Å². The standard InChI is InChI=1S/C15H20FN3S/c1-11(2)7-17-8-12-9-18-15(19-12)10-20-14-6-4-3-5-13(14)16/h3-6,9,11,17H,7-8,10H2,1-2H3,(H,18,19). The fourth-order valence-electron chi connectivity index (χ4n) is 1.77. The predicted molar refractivity (Wildman–Crippen MR) is 81.1 cm³/mol. The zero-order valence-electron chi connectivity index (χ0n) is 11.8. The number of rotatable bonds is 7. The van der Waals surface area contributed by atoms with Crippen LogP contribution in [0.2, 0.25) is 0 Å². The van der Waals surface area contributed by atoms with Crippen molar-refractivity contribution in [2.24, 2.45) is 5.92 Å². The Bertz CT molecular complexity index is 539. The molecule has 0 saturated carbocycles. The van der Waals surface area contributed by atoms with Crippen molar-refractivity contribution in [3.63, 3.8) is 0 Å². The summed E-state index contributed by atoms with van der Waals surface area (Å²) in [6.45, 7) is 6.13. The molecule has 1 aromatic carbocycles. The highest BCUT2D eigenvalue weighted by molar-refractivity contribution is 7.98. The molecular weight excluding hydrogens is 273 g/mol. The van der Waals surface area contributed by atoms with E-state index in [0.717, 1.165) is 24.6 Å². The zero-order valence-corrected chi connectivity index (χ0v) is 12.6. The van der Waals surface area contributed by atoms with Crippen LogP contribution in [0.25, 0.3) is 0 Å². The van der Waals surface area contributed by atoms with Gasteiger partial charge >= 0.3 is 0 Å². The van der Waals surface area contributed by atoms with Gasteiger partial charge in [0.05, 0.1) is 5.75 Å². The molecule has 2 N–H and O–H groups in total. The van der Waals surface area contributed by atoms with E-state index in [0.29, 0.717) is 16.6 Å². The van der Waals surface area contributed by atoms with Crippen molar-refractivity contribution in [2.75, 3.05) is 6.54 Å². The first-order valence-electron chi connectivity index (χ1n) is 6.76.